The lowest BCUT2D eigenvalue weighted by atomic mass is 10.1. The van der Waals surface area contributed by atoms with Gasteiger partial charge in [-0.15, -0.1) is 0 Å². The number of benzene rings is 1. The molecule has 1 aromatic carbocycles. The van der Waals surface area contributed by atoms with Gasteiger partial charge in [0.2, 0.25) is 0 Å². The first-order valence-corrected chi connectivity index (χ1v) is 7.97. The first-order valence-electron chi connectivity index (χ1n) is 7.97. The van der Waals surface area contributed by atoms with Crippen molar-refractivity contribution in [1.29, 1.82) is 0 Å². The first-order chi connectivity index (χ1) is 10.1. The second-order valence-electron chi connectivity index (χ2n) is 6.14. The van der Waals surface area contributed by atoms with Crippen LogP contribution in [0.5, 0.6) is 5.75 Å². The van der Waals surface area contributed by atoms with Crippen molar-refractivity contribution < 1.29 is 4.74 Å². The zero-order valence-corrected chi connectivity index (χ0v) is 13.6. The molecular formula is C17H29N3O. The highest BCUT2D eigenvalue weighted by Gasteiger charge is 2.25. The summed E-state index contributed by atoms with van der Waals surface area (Å²) in [6.07, 6.45) is 1.06. The predicted octanol–water partition coefficient (Wildman–Crippen LogP) is 1.94. The number of piperazine rings is 1. The quantitative estimate of drug-likeness (QED) is 0.813. The van der Waals surface area contributed by atoms with Crippen molar-refractivity contribution >= 4 is 0 Å². The summed E-state index contributed by atoms with van der Waals surface area (Å²) in [5.74, 6) is 0.931. The Hall–Kier alpha value is -1.10. The van der Waals surface area contributed by atoms with Crippen LogP contribution in [0.2, 0.25) is 0 Å². The van der Waals surface area contributed by atoms with E-state index in [0.717, 1.165) is 44.0 Å². The van der Waals surface area contributed by atoms with Crippen LogP contribution in [0.15, 0.2) is 24.3 Å². The Morgan fingerprint density at radius 3 is 2.52 bits per heavy atom. The zero-order valence-electron chi connectivity index (χ0n) is 13.6. The fourth-order valence-corrected chi connectivity index (χ4v) is 2.98. The molecule has 1 heterocycles. The fourth-order valence-electron chi connectivity index (χ4n) is 2.98. The van der Waals surface area contributed by atoms with E-state index in [-0.39, 0.29) is 0 Å². The summed E-state index contributed by atoms with van der Waals surface area (Å²) < 4.78 is 5.88. The molecule has 0 spiro atoms. The average Bonchev–Trinajstić information content (AvgIpc) is 2.49. The summed E-state index contributed by atoms with van der Waals surface area (Å²) in [5, 5.41) is 0. The lowest BCUT2D eigenvalue weighted by Gasteiger charge is -2.42. The Kier molecular flexibility index (Phi) is 6.03. The van der Waals surface area contributed by atoms with Crippen LogP contribution in [0.4, 0.5) is 0 Å². The van der Waals surface area contributed by atoms with E-state index in [1.165, 1.54) is 0 Å². The van der Waals surface area contributed by atoms with E-state index in [2.05, 4.69) is 30.7 Å². The maximum Gasteiger partial charge on any atom is 0.123 e. The molecule has 118 valence electrons. The summed E-state index contributed by atoms with van der Waals surface area (Å²) in [6, 6.07) is 9.29. The fraction of sp³-hybridized carbons (Fsp3) is 0.647. The summed E-state index contributed by atoms with van der Waals surface area (Å²) in [6.45, 7) is 9.30. The molecule has 2 unspecified atom stereocenters. The highest BCUT2D eigenvalue weighted by Crippen LogP contribution is 2.17. The molecule has 21 heavy (non-hydrogen) atoms. The minimum absolute atomic E-state index is 0.531. The highest BCUT2D eigenvalue weighted by atomic mass is 16.5. The van der Waals surface area contributed by atoms with Crippen molar-refractivity contribution in [1.82, 2.24) is 9.80 Å². The molecule has 2 N–H and O–H groups in total. The van der Waals surface area contributed by atoms with E-state index in [1.807, 2.05) is 24.3 Å². The Bertz CT molecular complexity index is 426. The molecule has 1 saturated heterocycles. The van der Waals surface area contributed by atoms with Gasteiger partial charge in [0.15, 0.2) is 0 Å². The molecule has 4 nitrogen and oxygen atoms in total. The smallest absolute Gasteiger partial charge is 0.123 e. The number of para-hydroxylation sites is 1. The number of hydrogen-bond donors (Lipinski definition) is 1. The van der Waals surface area contributed by atoms with Gasteiger partial charge in [-0.05, 0) is 33.4 Å². The Labute approximate surface area is 128 Å². The van der Waals surface area contributed by atoms with Crippen LogP contribution in [0.25, 0.3) is 0 Å². The van der Waals surface area contributed by atoms with Crippen LogP contribution < -0.4 is 10.5 Å². The molecule has 1 aliphatic heterocycles. The molecule has 0 radical (unpaired) electrons. The topological polar surface area (TPSA) is 41.7 Å². The van der Waals surface area contributed by atoms with Crippen LogP contribution in [0, 0.1) is 0 Å². The van der Waals surface area contributed by atoms with Gasteiger partial charge in [-0.2, -0.15) is 0 Å². The van der Waals surface area contributed by atoms with Gasteiger partial charge in [-0.1, -0.05) is 18.2 Å². The van der Waals surface area contributed by atoms with Gasteiger partial charge in [-0.25, -0.2) is 0 Å². The third-order valence-electron chi connectivity index (χ3n) is 4.50. The molecule has 0 bridgehead atoms. The van der Waals surface area contributed by atoms with Crippen LogP contribution >= 0.6 is 0 Å². The van der Waals surface area contributed by atoms with Gasteiger partial charge < -0.3 is 15.4 Å². The predicted molar refractivity (Wildman–Crippen MR) is 87.6 cm³/mol. The zero-order chi connectivity index (χ0) is 15.2. The summed E-state index contributed by atoms with van der Waals surface area (Å²) in [5.41, 5.74) is 6.81. The van der Waals surface area contributed by atoms with Crippen LogP contribution in [-0.4, -0.2) is 55.2 Å². The third kappa shape index (κ3) is 4.43. The lowest BCUT2D eigenvalue weighted by molar-refractivity contribution is 0.0571. The number of hydrogen-bond acceptors (Lipinski definition) is 4. The molecule has 1 aliphatic rings. The standard InChI is InChI=1S/C17H29N3O/c1-14-12-20(13-15(2)19(14)3)9-6-10-21-17-8-5-4-7-16(17)11-18/h4-5,7-8,14-15H,6,9-13,18H2,1-3H3. The largest absolute Gasteiger partial charge is 0.493 e. The molecule has 0 aliphatic carbocycles. The number of nitrogens with zero attached hydrogens (tertiary/aromatic N) is 2. The van der Waals surface area contributed by atoms with Gasteiger partial charge in [-0.3, -0.25) is 4.90 Å². The number of rotatable bonds is 6. The van der Waals surface area contributed by atoms with Crippen molar-refractivity contribution in [3.63, 3.8) is 0 Å². The Morgan fingerprint density at radius 1 is 1.19 bits per heavy atom. The molecule has 2 atom stereocenters. The number of likely N-dealkylation sites (N-methyl/N-ethyl adjacent to an activating group) is 1. The van der Waals surface area contributed by atoms with E-state index < -0.39 is 0 Å². The van der Waals surface area contributed by atoms with Crippen molar-refractivity contribution in [2.45, 2.75) is 38.9 Å². The molecule has 0 amide bonds. The third-order valence-corrected chi connectivity index (χ3v) is 4.50. The molecule has 4 heteroatoms. The molecule has 2 rings (SSSR count). The molecule has 1 fully saturated rings. The van der Waals surface area contributed by atoms with Gasteiger partial charge in [0.05, 0.1) is 6.61 Å². The Balaban J connectivity index is 1.72. The van der Waals surface area contributed by atoms with E-state index in [0.29, 0.717) is 18.6 Å². The van der Waals surface area contributed by atoms with Crippen LogP contribution in [0.3, 0.4) is 0 Å². The lowest BCUT2D eigenvalue weighted by Crippen LogP contribution is -2.55. The molecule has 0 aromatic heterocycles. The minimum atomic E-state index is 0.531. The van der Waals surface area contributed by atoms with Gasteiger partial charge in [0.25, 0.3) is 0 Å². The first kappa shape index (κ1) is 16.3. The van der Waals surface area contributed by atoms with Crippen molar-refractivity contribution in [3.8, 4) is 5.75 Å². The number of nitrogens with two attached hydrogens (primary N) is 1. The number of ether oxygens (including phenoxy) is 1. The van der Waals surface area contributed by atoms with E-state index >= 15 is 0 Å². The SMILES string of the molecule is CC1CN(CCCOc2ccccc2CN)CC(C)N1C. The van der Waals surface area contributed by atoms with Gasteiger partial charge in [0, 0.05) is 43.8 Å². The summed E-state index contributed by atoms with van der Waals surface area (Å²) >= 11 is 0. The molecular weight excluding hydrogens is 262 g/mol. The van der Waals surface area contributed by atoms with E-state index in [1.54, 1.807) is 0 Å². The molecule has 0 saturated carbocycles. The monoisotopic (exact) mass is 291 g/mol. The summed E-state index contributed by atoms with van der Waals surface area (Å²) in [7, 11) is 2.22. The van der Waals surface area contributed by atoms with E-state index in [9.17, 15) is 0 Å². The maximum absolute atomic E-state index is 5.88. The van der Waals surface area contributed by atoms with Crippen LogP contribution in [-0.2, 0) is 6.54 Å². The van der Waals surface area contributed by atoms with Gasteiger partial charge >= 0.3 is 0 Å². The highest BCUT2D eigenvalue weighted by molar-refractivity contribution is 5.32. The maximum atomic E-state index is 5.88. The Morgan fingerprint density at radius 2 is 1.86 bits per heavy atom. The average molecular weight is 291 g/mol. The second kappa shape index (κ2) is 7.78. The van der Waals surface area contributed by atoms with E-state index in [4.69, 9.17) is 10.5 Å². The van der Waals surface area contributed by atoms with Crippen molar-refractivity contribution in [2.75, 3.05) is 33.3 Å². The normalized spacial score (nSPS) is 24.2. The van der Waals surface area contributed by atoms with Gasteiger partial charge in [0.1, 0.15) is 5.75 Å². The van der Waals surface area contributed by atoms with Crippen molar-refractivity contribution in [3.05, 3.63) is 29.8 Å². The second-order valence-corrected chi connectivity index (χ2v) is 6.14. The van der Waals surface area contributed by atoms with Crippen molar-refractivity contribution in [2.24, 2.45) is 5.73 Å². The van der Waals surface area contributed by atoms with Crippen LogP contribution in [0.1, 0.15) is 25.8 Å². The summed E-state index contributed by atoms with van der Waals surface area (Å²) in [4.78, 5) is 5.01. The minimum Gasteiger partial charge on any atom is -0.493 e. The molecule has 1 aromatic rings.